The van der Waals surface area contributed by atoms with E-state index in [0.717, 1.165) is 84.5 Å². The van der Waals surface area contributed by atoms with Crippen LogP contribution < -0.4 is 10.2 Å². The van der Waals surface area contributed by atoms with Crippen molar-refractivity contribution in [2.45, 2.75) is 64.8 Å². The highest BCUT2D eigenvalue weighted by Gasteiger charge is 2.28. The highest BCUT2D eigenvalue weighted by molar-refractivity contribution is 5.48. The van der Waals surface area contributed by atoms with Gasteiger partial charge in [-0.2, -0.15) is 0 Å². The number of anilines is 1. The molecule has 29 heavy (non-hydrogen) atoms. The van der Waals surface area contributed by atoms with Crippen LogP contribution >= 0.6 is 0 Å². The molecule has 0 aromatic heterocycles. The SMILES string of the molecule is CCCCOC(OCCCC)C1CCN(c2ccc(C3CNCCO3)cc2)CC1. The third kappa shape index (κ3) is 6.95. The van der Waals surface area contributed by atoms with Gasteiger partial charge in [-0.25, -0.2) is 0 Å². The molecule has 0 amide bonds. The van der Waals surface area contributed by atoms with Crippen molar-refractivity contribution in [3.8, 4) is 0 Å². The molecule has 164 valence electrons. The van der Waals surface area contributed by atoms with Crippen LogP contribution in [-0.4, -0.2) is 52.3 Å². The molecule has 2 aliphatic heterocycles. The van der Waals surface area contributed by atoms with Crippen LogP contribution in [0.4, 0.5) is 5.69 Å². The molecule has 3 rings (SSSR count). The predicted octanol–water partition coefficient (Wildman–Crippen LogP) is 4.52. The second-order valence-electron chi connectivity index (χ2n) is 8.30. The topological polar surface area (TPSA) is 43.0 Å². The Morgan fingerprint density at radius 1 is 1.03 bits per heavy atom. The van der Waals surface area contributed by atoms with Gasteiger partial charge in [0, 0.05) is 51.0 Å². The van der Waals surface area contributed by atoms with Crippen LogP contribution in [0.1, 0.15) is 64.0 Å². The molecule has 1 unspecified atom stereocenters. The van der Waals surface area contributed by atoms with Crippen molar-refractivity contribution in [3.63, 3.8) is 0 Å². The molecule has 1 aromatic rings. The van der Waals surface area contributed by atoms with Crippen LogP contribution in [0, 0.1) is 5.92 Å². The van der Waals surface area contributed by atoms with Crippen LogP contribution in [0.3, 0.4) is 0 Å². The summed E-state index contributed by atoms with van der Waals surface area (Å²) in [6, 6.07) is 8.95. The minimum Gasteiger partial charge on any atom is -0.372 e. The summed E-state index contributed by atoms with van der Waals surface area (Å²) in [7, 11) is 0. The van der Waals surface area contributed by atoms with Crippen LogP contribution in [0.15, 0.2) is 24.3 Å². The Kier molecular flexibility index (Phi) is 9.74. The van der Waals surface area contributed by atoms with Crippen molar-refractivity contribution in [1.29, 1.82) is 0 Å². The number of morpholine rings is 1. The van der Waals surface area contributed by atoms with Gasteiger partial charge >= 0.3 is 0 Å². The lowest BCUT2D eigenvalue weighted by Gasteiger charge is -2.37. The number of hydrogen-bond donors (Lipinski definition) is 1. The highest BCUT2D eigenvalue weighted by Crippen LogP contribution is 2.29. The normalized spacial score (nSPS) is 21.1. The molecule has 2 saturated heterocycles. The Balaban J connectivity index is 1.49. The smallest absolute Gasteiger partial charge is 0.160 e. The number of benzene rings is 1. The summed E-state index contributed by atoms with van der Waals surface area (Å²) >= 11 is 0. The molecule has 2 fully saturated rings. The average Bonchev–Trinajstić information content (AvgIpc) is 2.79. The van der Waals surface area contributed by atoms with Crippen LogP contribution in [0.2, 0.25) is 0 Å². The van der Waals surface area contributed by atoms with Crippen LogP contribution in [-0.2, 0) is 14.2 Å². The summed E-state index contributed by atoms with van der Waals surface area (Å²) in [6.07, 6.45) is 6.95. The van der Waals surface area contributed by atoms with Gasteiger partial charge in [-0.1, -0.05) is 38.8 Å². The second kappa shape index (κ2) is 12.5. The van der Waals surface area contributed by atoms with Gasteiger partial charge < -0.3 is 24.4 Å². The fraction of sp³-hybridized carbons (Fsp3) is 0.750. The maximum atomic E-state index is 6.13. The van der Waals surface area contributed by atoms with E-state index in [-0.39, 0.29) is 12.4 Å². The molecule has 5 nitrogen and oxygen atoms in total. The molecular formula is C24H40N2O3. The Labute approximate surface area is 177 Å². The maximum absolute atomic E-state index is 6.13. The molecule has 0 saturated carbocycles. The monoisotopic (exact) mass is 404 g/mol. The largest absolute Gasteiger partial charge is 0.372 e. The number of rotatable bonds is 11. The molecule has 0 radical (unpaired) electrons. The van der Waals surface area contributed by atoms with E-state index in [9.17, 15) is 0 Å². The minimum absolute atomic E-state index is 0.0337. The zero-order valence-corrected chi connectivity index (χ0v) is 18.4. The summed E-state index contributed by atoms with van der Waals surface area (Å²) in [4.78, 5) is 2.50. The number of piperidine rings is 1. The summed E-state index contributed by atoms with van der Waals surface area (Å²) in [6.45, 7) is 10.8. The predicted molar refractivity (Wildman–Crippen MR) is 118 cm³/mol. The zero-order chi connectivity index (χ0) is 20.3. The third-order valence-corrected chi connectivity index (χ3v) is 6.04. The van der Waals surface area contributed by atoms with Gasteiger partial charge in [0.25, 0.3) is 0 Å². The number of unbranched alkanes of at least 4 members (excludes halogenated alkanes) is 2. The lowest BCUT2D eigenvalue weighted by Crippen LogP contribution is -2.40. The third-order valence-electron chi connectivity index (χ3n) is 6.04. The van der Waals surface area contributed by atoms with Crippen molar-refractivity contribution >= 4 is 5.69 Å². The van der Waals surface area contributed by atoms with E-state index in [1.54, 1.807) is 0 Å². The van der Waals surface area contributed by atoms with Crippen molar-refractivity contribution in [3.05, 3.63) is 29.8 Å². The summed E-state index contributed by atoms with van der Waals surface area (Å²) < 4.78 is 18.1. The Bertz CT molecular complexity index is 542. The summed E-state index contributed by atoms with van der Waals surface area (Å²) in [5, 5.41) is 3.40. The van der Waals surface area contributed by atoms with Gasteiger partial charge in [0.15, 0.2) is 6.29 Å². The van der Waals surface area contributed by atoms with Gasteiger partial charge in [-0.3, -0.25) is 0 Å². The number of ether oxygens (including phenoxy) is 3. The number of nitrogens with one attached hydrogen (secondary N) is 1. The first kappa shape index (κ1) is 22.5. The summed E-state index contributed by atoms with van der Waals surface area (Å²) in [5.41, 5.74) is 2.58. The molecule has 0 aliphatic carbocycles. The fourth-order valence-electron chi connectivity index (χ4n) is 4.12. The van der Waals surface area contributed by atoms with Crippen molar-refractivity contribution < 1.29 is 14.2 Å². The van der Waals surface area contributed by atoms with Gasteiger partial charge in [0.2, 0.25) is 0 Å². The first-order chi connectivity index (χ1) is 14.3. The van der Waals surface area contributed by atoms with Crippen molar-refractivity contribution in [2.75, 3.05) is 50.9 Å². The fourth-order valence-corrected chi connectivity index (χ4v) is 4.12. The van der Waals surface area contributed by atoms with Gasteiger partial charge in [0.05, 0.1) is 12.7 Å². The molecule has 5 heteroatoms. The zero-order valence-electron chi connectivity index (χ0n) is 18.4. The molecule has 1 N–H and O–H groups in total. The lowest BCUT2D eigenvalue weighted by molar-refractivity contribution is -0.177. The number of nitrogens with zero attached hydrogens (tertiary/aromatic N) is 1. The average molecular weight is 405 g/mol. The van der Waals surface area contributed by atoms with E-state index >= 15 is 0 Å². The molecule has 2 heterocycles. The molecular weight excluding hydrogens is 364 g/mol. The molecule has 2 aliphatic rings. The van der Waals surface area contributed by atoms with Crippen molar-refractivity contribution in [2.24, 2.45) is 5.92 Å². The van der Waals surface area contributed by atoms with E-state index in [1.165, 1.54) is 11.3 Å². The van der Waals surface area contributed by atoms with E-state index < -0.39 is 0 Å². The van der Waals surface area contributed by atoms with Gasteiger partial charge in [-0.05, 0) is 43.4 Å². The Hall–Kier alpha value is -1.14. The van der Waals surface area contributed by atoms with Crippen molar-refractivity contribution in [1.82, 2.24) is 5.32 Å². The van der Waals surface area contributed by atoms with E-state index in [1.807, 2.05) is 0 Å². The Morgan fingerprint density at radius 2 is 1.69 bits per heavy atom. The molecule has 0 spiro atoms. The minimum atomic E-state index is -0.0337. The van der Waals surface area contributed by atoms with Gasteiger partial charge in [-0.15, -0.1) is 0 Å². The lowest BCUT2D eigenvalue weighted by atomic mass is 9.95. The molecule has 1 atom stereocenters. The Morgan fingerprint density at radius 3 is 2.24 bits per heavy atom. The molecule has 0 bridgehead atoms. The van der Waals surface area contributed by atoms with Crippen LogP contribution in [0.5, 0.6) is 0 Å². The first-order valence-corrected chi connectivity index (χ1v) is 11.7. The van der Waals surface area contributed by atoms with Gasteiger partial charge in [0.1, 0.15) is 0 Å². The first-order valence-electron chi connectivity index (χ1n) is 11.7. The molecule has 1 aromatic carbocycles. The maximum Gasteiger partial charge on any atom is 0.160 e. The summed E-state index contributed by atoms with van der Waals surface area (Å²) in [5.74, 6) is 0.501. The van der Waals surface area contributed by atoms with E-state index in [2.05, 4.69) is 48.3 Å². The number of hydrogen-bond acceptors (Lipinski definition) is 5. The highest BCUT2D eigenvalue weighted by atomic mass is 16.7. The standard InChI is InChI=1S/C24H40N2O3/c1-3-5-16-28-24(29-17-6-4-2)21-11-14-26(15-12-21)22-9-7-20(8-10-22)23-19-25-13-18-27-23/h7-10,21,23-25H,3-6,11-19H2,1-2H3. The van der Waals surface area contributed by atoms with E-state index in [4.69, 9.17) is 14.2 Å². The quantitative estimate of drug-likeness (QED) is 0.434. The van der Waals surface area contributed by atoms with E-state index in [0.29, 0.717) is 5.92 Å². The second-order valence-corrected chi connectivity index (χ2v) is 8.30. The van der Waals surface area contributed by atoms with Crippen LogP contribution in [0.25, 0.3) is 0 Å².